The van der Waals surface area contributed by atoms with Crippen molar-refractivity contribution in [1.29, 1.82) is 5.26 Å². The highest BCUT2D eigenvalue weighted by Gasteiger charge is 2.55. The summed E-state index contributed by atoms with van der Waals surface area (Å²) in [5.74, 6) is -0.384. The fourth-order valence-corrected chi connectivity index (χ4v) is 3.27. The van der Waals surface area contributed by atoms with E-state index < -0.39 is 29.4 Å². The highest BCUT2D eigenvalue weighted by molar-refractivity contribution is 8.03. The molecule has 8 nitrogen and oxygen atoms in total. The van der Waals surface area contributed by atoms with Crippen LogP contribution < -0.4 is 11.2 Å². The number of ether oxygens (including phenoxy) is 3. The van der Waals surface area contributed by atoms with Gasteiger partial charge in [0, 0.05) is 18.0 Å². The molecule has 2 aliphatic rings. The molecule has 0 aromatic carbocycles. The molecule has 1 aromatic heterocycles. The van der Waals surface area contributed by atoms with Crippen molar-refractivity contribution in [3.63, 3.8) is 0 Å². The van der Waals surface area contributed by atoms with E-state index in [-0.39, 0.29) is 12.2 Å². The molecule has 4 unspecified atom stereocenters. The molecule has 3 rings (SSSR count). The lowest BCUT2D eigenvalue weighted by molar-refractivity contribution is -0.194. The van der Waals surface area contributed by atoms with Gasteiger partial charge < -0.3 is 14.2 Å². The molecule has 1 N–H and O–H groups in total. The Morgan fingerprint density at radius 3 is 2.82 bits per heavy atom. The van der Waals surface area contributed by atoms with E-state index in [1.54, 1.807) is 13.8 Å². The number of H-pyrrole nitrogens is 1. The second-order valence-corrected chi connectivity index (χ2v) is 6.35. The number of nitriles is 1. The number of hydrogen-bond acceptors (Lipinski definition) is 7. The lowest BCUT2D eigenvalue weighted by atomic mass is 10.1. The van der Waals surface area contributed by atoms with Gasteiger partial charge in [0.15, 0.2) is 12.0 Å². The number of hydrogen-bond donors (Lipinski definition) is 1. The largest absolute Gasteiger partial charge is 0.348 e. The lowest BCUT2D eigenvalue weighted by Crippen LogP contribution is -2.37. The maximum atomic E-state index is 12.0. The summed E-state index contributed by atoms with van der Waals surface area (Å²) in [5.41, 5.74) is -1.05. The Bertz CT molecular complexity index is 721. The summed E-state index contributed by atoms with van der Waals surface area (Å²) in [6.45, 7) is 3.57. The molecule has 2 aliphatic heterocycles. The summed E-state index contributed by atoms with van der Waals surface area (Å²) < 4.78 is 18.8. The van der Waals surface area contributed by atoms with Crippen LogP contribution in [-0.2, 0) is 14.2 Å². The Balaban J connectivity index is 1.93. The maximum Gasteiger partial charge on any atom is 0.330 e. The van der Waals surface area contributed by atoms with E-state index in [0.717, 1.165) is 11.8 Å². The molecular formula is C13H15N3O5S. The summed E-state index contributed by atoms with van der Waals surface area (Å²) in [7, 11) is 0. The molecule has 22 heavy (non-hydrogen) atoms. The van der Waals surface area contributed by atoms with Crippen molar-refractivity contribution in [3.8, 4) is 5.40 Å². The fourth-order valence-electron chi connectivity index (χ4n) is 2.76. The van der Waals surface area contributed by atoms with Gasteiger partial charge in [0.1, 0.15) is 17.6 Å². The Morgan fingerprint density at radius 1 is 1.41 bits per heavy atom. The topological polar surface area (TPSA) is 106 Å². The van der Waals surface area contributed by atoms with Crippen molar-refractivity contribution < 1.29 is 14.2 Å². The zero-order valence-corrected chi connectivity index (χ0v) is 12.8. The molecule has 0 saturated carbocycles. The third kappa shape index (κ3) is 2.70. The molecule has 1 aromatic rings. The third-order valence-corrected chi connectivity index (χ3v) is 4.19. The number of thiocyanates is 1. The van der Waals surface area contributed by atoms with Crippen molar-refractivity contribution in [3.05, 3.63) is 33.1 Å². The quantitative estimate of drug-likeness (QED) is 0.789. The highest BCUT2D eigenvalue weighted by Crippen LogP contribution is 2.43. The number of fused-ring (bicyclic) bond motifs is 1. The monoisotopic (exact) mass is 325 g/mol. The van der Waals surface area contributed by atoms with E-state index in [1.165, 1.54) is 16.8 Å². The standard InChI is InChI=1S/C13H15N3O5S/c1-13(2)20-9-7(5-22-6-14)19-11(10(9)21-13)16-4-3-8(17)15-12(16)18/h3-4,7,9-11H,5H2,1-2H3,(H,15,17,18). The molecule has 3 heterocycles. The first-order valence-electron chi connectivity index (χ1n) is 6.75. The number of thioether (sulfide) groups is 1. The van der Waals surface area contributed by atoms with Gasteiger partial charge in [0.25, 0.3) is 5.56 Å². The van der Waals surface area contributed by atoms with E-state index in [9.17, 15) is 9.59 Å². The van der Waals surface area contributed by atoms with Crippen molar-refractivity contribution in [2.75, 3.05) is 5.75 Å². The minimum absolute atomic E-state index is 0.375. The molecule has 0 bridgehead atoms. The average molecular weight is 325 g/mol. The number of aromatic amines is 1. The van der Waals surface area contributed by atoms with Gasteiger partial charge in [-0.25, -0.2) is 4.79 Å². The molecule has 4 atom stereocenters. The molecule has 0 aliphatic carbocycles. The first-order valence-corrected chi connectivity index (χ1v) is 7.73. The van der Waals surface area contributed by atoms with Gasteiger partial charge in [-0.2, -0.15) is 5.26 Å². The van der Waals surface area contributed by atoms with Crippen LogP contribution in [0, 0.1) is 10.7 Å². The van der Waals surface area contributed by atoms with Crippen LogP contribution in [0.5, 0.6) is 0 Å². The first kappa shape index (κ1) is 15.3. The van der Waals surface area contributed by atoms with Crippen molar-refractivity contribution in [2.24, 2.45) is 0 Å². The normalized spacial score (nSPS) is 32.6. The molecule has 0 amide bonds. The molecule has 118 valence electrons. The Labute approximate surface area is 130 Å². The summed E-state index contributed by atoms with van der Waals surface area (Å²) in [4.78, 5) is 25.4. The van der Waals surface area contributed by atoms with E-state index in [4.69, 9.17) is 19.5 Å². The van der Waals surface area contributed by atoms with Gasteiger partial charge in [0.2, 0.25) is 0 Å². The van der Waals surface area contributed by atoms with Crippen LogP contribution in [0.15, 0.2) is 21.9 Å². The van der Waals surface area contributed by atoms with Crippen molar-refractivity contribution in [1.82, 2.24) is 9.55 Å². The van der Waals surface area contributed by atoms with Gasteiger partial charge in [-0.15, -0.1) is 0 Å². The van der Waals surface area contributed by atoms with Gasteiger partial charge in [0.05, 0.1) is 6.10 Å². The van der Waals surface area contributed by atoms with E-state index >= 15 is 0 Å². The summed E-state index contributed by atoms with van der Waals surface area (Å²) in [5, 5.41) is 10.7. The second kappa shape index (κ2) is 5.55. The van der Waals surface area contributed by atoms with Crippen LogP contribution in [0.2, 0.25) is 0 Å². The highest BCUT2D eigenvalue weighted by atomic mass is 32.2. The van der Waals surface area contributed by atoms with Crippen LogP contribution in [0.1, 0.15) is 20.1 Å². The average Bonchev–Trinajstić information content (AvgIpc) is 2.91. The molecule has 9 heteroatoms. The fraction of sp³-hybridized carbons (Fsp3) is 0.615. The number of rotatable bonds is 3. The summed E-state index contributed by atoms with van der Waals surface area (Å²) in [6, 6.07) is 1.25. The second-order valence-electron chi connectivity index (χ2n) is 5.55. The Hall–Kier alpha value is -1.60. The van der Waals surface area contributed by atoms with E-state index in [1.807, 2.05) is 5.40 Å². The summed E-state index contributed by atoms with van der Waals surface area (Å²) >= 11 is 1.06. The van der Waals surface area contributed by atoms with Crippen LogP contribution >= 0.6 is 11.8 Å². The van der Waals surface area contributed by atoms with Crippen LogP contribution in [0.4, 0.5) is 0 Å². The molecule has 2 fully saturated rings. The number of nitrogens with zero attached hydrogens (tertiary/aromatic N) is 2. The predicted molar refractivity (Wildman–Crippen MR) is 77.1 cm³/mol. The van der Waals surface area contributed by atoms with Crippen molar-refractivity contribution in [2.45, 2.75) is 44.2 Å². The van der Waals surface area contributed by atoms with Gasteiger partial charge in [-0.1, -0.05) is 0 Å². The molecular weight excluding hydrogens is 310 g/mol. The van der Waals surface area contributed by atoms with E-state index in [0.29, 0.717) is 5.75 Å². The number of aromatic nitrogens is 2. The SMILES string of the molecule is CC1(C)OC2C(CSC#N)OC(n3ccc(=O)[nH]c3=O)C2O1. The Morgan fingerprint density at radius 2 is 2.14 bits per heavy atom. The van der Waals surface area contributed by atoms with Gasteiger partial charge in [-0.3, -0.25) is 14.3 Å². The van der Waals surface area contributed by atoms with Crippen LogP contribution in [0.3, 0.4) is 0 Å². The molecule has 2 saturated heterocycles. The van der Waals surface area contributed by atoms with Crippen LogP contribution in [-0.4, -0.2) is 39.4 Å². The number of nitrogens with one attached hydrogen (secondary N) is 1. The van der Waals surface area contributed by atoms with Crippen LogP contribution in [0.25, 0.3) is 0 Å². The predicted octanol–water partition coefficient (Wildman–Crippen LogP) is 0.168. The minimum Gasteiger partial charge on any atom is -0.348 e. The maximum absolute atomic E-state index is 12.0. The zero-order valence-electron chi connectivity index (χ0n) is 12.0. The minimum atomic E-state index is -0.793. The third-order valence-electron chi connectivity index (χ3n) is 3.56. The zero-order chi connectivity index (χ0) is 15.9. The van der Waals surface area contributed by atoms with E-state index in [2.05, 4.69) is 4.98 Å². The smallest absolute Gasteiger partial charge is 0.330 e. The molecule has 0 spiro atoms. The van der Waals surface area contributed by atoms with Gasteiger partial charge in [-0.05, 0) is 25.6 Å². The van der Waals surface area contributed by atoms with Gasteiger partial charge >= 0.3 is 5.69 Å². The van der Waals surface area contributed by atoms with Crippen molar-refractivity contribution >= 4 is 11.8 Å². The molecule has 0 radical (unpaired) electrons. The Kier molecular flexibility index (Phi) is 3.86. The summed E-state index contributed by atoms with van der Waals surface area (Å²) in [6.07, 6.45) is -0.569. The first-order chi connectivity index (χ1) is 10.4. The lowest BCUT2D eigenvalue weighted by Gasteiger charge is -2.24.